The number of aryl methyl sites for hydroxylation is 2. The van der Waals surface area contributed by atoms with E-state index in [1.54, 1.807) is 38.1 Å². The molecule has 0 bridgehead atoms. The molecule has 1 atom stereocenters. The maximum atomic E-state index is 13.9. The molecule has 0 amide bonds. The summed E-state index contributed by atoms with van der Waals surface area (Å²) < 4.78 is 82.8. The van der Waals surface area contributed by atoms with E-state index in [9.17, 15) is 35.9 Å². The van der Waals surface area contributed by atoms with Gasteiger partial charge in [-0.25, -0.2) is 0 Å². The third kappa shape index (κ3) is 5.48. The quantitative estimate of drug-likeness (QED) is 0.242. The molecule has 0 aliphatic rings. The van der Waals surface area contributed by atoms with Gasteiger partial charge in [-0.15, -0.1) is 0 Å². The van der Waals surface area contributed by atoms with Crippen molar-refractivity contribution in [1.29, 1.82) is 0 Å². The Morgan fingerprint density at radius 2 is 1.06 bits per heavy atom. The molecule has 0 aliphatic heterocycles. The second-order valence-electron chi connectivity index (χ2n) is 7.66. The van der Waals surface area contributed by atoms with Crippen LogP contribution in [0.25, 0.3) is 0 Å². The lowest BCUT2D eigenvalue weighted by atomic mass is 9.98. The molecule has 2 nitrogen and oxygen atoms in total. The van der Waals surface area contributed by atoms with Gasteiger partial charge in [0.1, 0.15) is 0 Å². The van der Waals surface area contributed by atoms with Crippen molar-refractivity contribution in [1.82, 2.24) is 0 Å². The number of rotatable bonds is 7. The average Bonchev–Trinajstić information content (AvgIpc) is 2.82. The van der Waals surface area contributed by atoms with Gasteiger partial charge in [0.2, 0.25) is 0 Å². The van der Waals surface area contributed by atoms with E-state index in [-0.39, 0.29) is 10.9 Å². The highest BCUT2D eigenvalue weighted by atomic mass is 31.1. The van der Waals surface area contributed by atoms with Gasteiger partial charge < -0.3 is 0 Å². The first-order valence-electron chi connectivity index (χ1n) is 10.7. The minimum Gasteiger partial charge on any atom is -0.288 e. The normalized spacial score (nSPS) is 12.9. The molecular weight excluding hydrogens is 489 g/mol. The number of hydrogen-bond acceptors (Lipinski definition) is 2. The Balaban J connectivity index is 2.34. The van der Waals surface area contributed by atoms with Gasteiger partial charge in [-0.1, -0.05) is 68.4 Å². The molecule has 3 aromatic carbocycles. The van der Waals surface area contributed by atoms with E-state index in [4.69, 9.17) is 0 Å². The highest BCUT2D eigenvalue weighted by molar-refractivity contribution is 7.96. The summed E-state index contributed by atoms with van der Waals surface area (Å²) in [4.78, 5) is 27.6. The number of halogens is 6. The molecule has 0 spiro atoms. The minimum absolute atomic E-state index is 0.0792. The topological polar surface area (TPSA) is 34.1 Å². The summed E-state index contributed by atoms with van der Waals surface area (Å²) in [5, 5.41) is 0.0792. The number of hydrogen-bond donors (Lipinski definition) is 0. The molecule has 0 heterocycles. The van der Waals surface area contributed by atoms with Crippen LogP contribution in [0.2, 0.25) is 0 Å². The Kier molecular flexibility index (Phi) is 7.85. The van der Waals surface area contributed by atoms with Crippen LogP contribution < -0.4 is 5.30 Å². The van der Waals surface area contributed by atoms with Crippen molar-refractivity contribution in [3.8, 4) is 0 Å². The molecule has 0 aromatic heterocycles. The first kappa shape index (κ1) is 26.6. The van der Waals surface area contributed by atoms with E-state index in [0.29, 0.717) is 42.2 Å². The Morgan fingerprint density at radius 1 is 0.629 bits per heavy atom. The highest BCUT2D eigenvalue weighted by Gasteiger charge is 2.45. The molecule has 0 saturated heterocycles. The molecule has 1 unspecified atom stereocenters. The van der Waals surface area contributed by atoms with E-state index in [1.165, 1.54) is 24.3 Å². The van der Waals surface area contributed by atoms with E-state index >= 15 is 0 Å². The fourth-order valence-electron chi connectivity index (χ4n) is 3.90. The fourth-order valence-corrected chi connectivity index (χ4v) is 6.00. The first-order valence-corrected chi connectivity index (χ1v) is 12.1. The van der Waals surface area contributed by atoms with Crippen molar-refractivity contribution in [2.75, 3.05) is 0 Å². The van der Waals surface area contributed by atoms with Gasteiger partial charge in [0.05, 0.1) is 19.0 Å². The monoisotopic (exact) mass is 510 g/mol. The van der Waals surface area contributed by atoms with E-state index in [1.807, 2.05) is 0 Å². The van der Waals surface area contributed by atoms with Crippen LogP contribution in [0.15, 0.2) is 66.7 Å². The van der Waals surface area contributed by atoms with Crippen molar-refractivity contribution < 1.29 is 35.9 Å². The Hall–Kier alpha value is -2.99. The molecule has 3 aromatic rings. The third-order valence-corrected chi connectivity index (χ3v) is 7.60. The van der Waals surface area contributed by atoms with Crippen LogP contribution in [-0.2, 0) is 25.2 Å². The molecule has 0 aliphatic carbocycles. The van der Waals surface area contributed by atoms with Crippen LogP contribution in [0.1, 0.15) is 56.8 Å². The molecule has 35 heavy (non-hydrogen) atoms. The highest BCUT2D eigenvalue weighted by Crippen LogP contribution is 2.49. The molecule has 0 fully saturated rings. The predicted octanol–water partition coefficient (Wildman–Crippen LogP) is 7.64. The smallest absolute Gasteiger partial charge is 0.288 e. The molecule has 3 rings (SSSR count). The van der Waals surface area contributed by atoms with Gasteiger partial charge in [0.25, 0.3) is 0 Å². The fraction of sp³-hybridized carbons (Fsp3) is 0.231. The SMILES string of the molecule is CCc1cccc(CC)c1C(=O)P(C(=O)c1c(C(F)(F)F)cccc1C(F)(F)F)c1ccccc1. The lowest BCUT2D eigenvalue weighted by molar-refractivity contribution is -0.143. The van der Waals surface area contributed by atoms with Gasteiger partial charge in [-0.2, -0.15) is 26.3 Å². The first-order chi connectivity index (χ1) is 16.4. The number of alkyl halides is 6. The van der Waals surface area contributed by atoms with Gasteiger partial charge in [0.15, 0.2) is 11.0 Å². The maximum Gasteiger partial charge on any atom is 0.417 e. The summed E-state index contributed by atoms with van der Waals surface area (Å²) in [5.41, 5.74) is -5.88. The second-order valence-corrected chi connectivity index (χ2v) is 9.66. The van der Waals surface area contributed by atoms with Gasteiger partial charge >= 0.3 is 12.4 Å². The summed E-state index contributed by atoms with van der Waals surface area (Å²) in [6.45, 7) is 3.55. The molecule has 0 radical (unpaired) electrons. The van der Waals surface area contributed by atoms with Gasteiger partial charge in [-0.3, -0.25) is 9.59 Å². The van der Waals surface area contributed by atoms with Crippen LogP contribution in [-0.4, -0.2) is 11.0 Å². The van der Waals surface area contributed by atoms with E-state index in [0.717, 1.165) is 0 Å². The predicted molar refractivity (Wildman–Crippen MR) is 123 cm³/mol. The Labute approximate surface area is 199 Å². The van der Waals surface area contributed by atoms with Crippen LogP contribution in [0.3, 0.4) is 0 Å². The largest absolute Gasteiger partial charge is 0.417 e. The lowest BCUT2D eigenvalue weighted by Crippen LogP contribution is -2.24. The Bertz CT molecular complexity index is 1180. The minimum atomic E-state index is -5.23. The lowest BCUT2D eigenvalue weighted by Gasteiger charge is -2.23. The van der Waals surface area contributed by atoms with Crippen LogP contribution in [0.5, 0.6) is 0 Å². The second kappa shape index (κ2) is 10.3. The molecular formula is C26H21F6O2P. The molecule has 0 N–H and O–H groups in total. The molecule has 184 valence electrons. The van der Waals surface area contributed by atoms with Gasteiger partial charge in [-0.05, 0) is 41.4 Å². The number of benzene rings is 3. The molecule has 9 heteroatoms. The van der Waals surface area contributed by atoms with Crippen molar-refractivity contribution in [2.24, 2.45) is 0 Å². The van der Waals surface area contributed by atoms with Crippen LogP contribution >= 0.6 is 7.92 Å². The van der Waals surface area contributed by atoms with Gasteiger partial charge in [0, 0.05) is 11.1 Å². The van der Waals surface area contributed by atoms with Crippen molar-refractivity contribution in [3.05, 3.63) is 100 Å². The maximum absolute atomic E-state index is 13.9. The number of carbonyl (C=O) groups is 2. The average molecular weight is 510 g/mol. The molecule has 0 saturated carbocycles. The zero-order chi connectivity index (χ0) is 26.0. The summed E-state index contributed by atoms with van der Waals surface area (Å²) in [6, 6.07) is 13.8. The summed E-state index contributed by atoms with van der Waals surface area (Å²) in [5.74, 6) is 0. The van der Waals surface area contributed by atoms with Crippen molar-refractivity contribution >= 4 is 24.3 Å². The number of carbonyl (C=O) groups excluding carboxylic acids is 2. The summed E-state index contributed by atoms with van der Waals surface area (Å²) in [6.07, 6.45) is -9.67. The van der Waals surface area contributed by atoms with Crippen LogP contribution in [0, 0.1) is 0 Å². The Morgan fingerprint density at radius 3 is 1.49 bits per heavy atom. The van der Waals surface area contributed by atoms with E-state index in [2.05, 4.69) is 0 Å². The summed E-state index contributed by atoms with van der Waals surface area (Å²) in [7, 11) is -2.78. The standard InChI is InChI=1S/C26H21F6O2P/c1-3-16-10-8-11-17(4-2)21(16)23(33)35(18-12-6-5-7-13-18)24(34)22-19(25(27,28)29)14-9-15-20(22)26(30,31)32/h5-15H,3-4H2,1-2H3. The van der Waals surface area contributed by atoms with Crippen molar-refractivity contribution in [3.63, 3.8) is 0 Å². The summed E-state index contributed by atoms with van der Waals surface area (Å²) >= 11 is 0. The van der Waals surface area contributed by atoms with E-state index < -0.39 is 48.0 Å². The van der Waals surface area contributed by atoms with Crippen LogP contribution in [0.4, 0.5) is 26.3 Å². The zero-order valence-corrected chi connectivity index (χ0v) is 19.7. The van der Waals surface area contributed by atoms with Crippen molar-refractivity contribution in [2.45, 2.75) is 39.0 Å². The zero-order valence-electron chi connectivity index (χ0n) is 18.8. The third-order valence-electron chi connectivity index (χ3n) is 5.52.